The lowest BCUT2D eigenvalue weighted by Crippen LogP contribution is -2.29. The SMILES string of the molecule is CNCc1noc(C2CCN(C)CC2)n1. The molecule has 0 aliphatic carbocycles. The van der Waals surface area contributed by atoms with Crippen molar-refractivity contribution >= 4 is 0 Å². The molecule has 0 bridgehead atoms. The summed E-state index contributed by atoms with van der Waals surface area (Å²) in [6.07, 6.45) is 2.25. The van der Waals surface area contributed by atoms with E-state index in [4.69, 9.17) is 4.52 Å². The second kappa shape index (κ2) is 4.72. The molecule has 15 heavy (non-hydrogen) atoms. The molecule has 0 unspecified atom stereocenters. The third kappa shape index (κ3) is 2.54. The summed E-state index contributed by atoms with van der Waals surface area (Å²) in [4.78, 5) is 6.72. The van der Waals surface area contributed by atoms with Crippen LogP contribution >= 0.6 is 0 Å². The van der Waals surface area contributed by atoms with Gasteiger partial charge >= 0.3 is 0 Å². The summed E-state index contributed by atoms with van der Waals surface area (Å²) in [6, 6.07) is 0. The van der Waals surface area contributed by atoms with Crippen molar-refractivity contribution in [3.05, 3.63) is 11.7 Å². The standard InChI is InChI=1S/C10H18N4O/c1-11-7-9-12-10(15-13-9)8-3-5-14(2)6-4-8/h8,11H,3-7H2,1-2H3. The highest BCUT2D eigenvalue weighted by Crippen LogP contribution is 2.25. The molecule has 0 radical (unpaired) electrons. The van der Waals surface area contributed by atoms with Gasteiger partial charge in [0, 0.05) is 5.92 Å². The number of rotatable bonds is 3. The molecule has 2 rings (SSSR count). The van der Waals surface area contributed by atoms with Gasteiger partial charge in [-0.3, -0.25) is 0 Å². The van der Waals surface area contributed by atoms with Gasteiger partial charge in [-0.05, 0) is 40.0 Å². The molecule has 5 nitrogen and oxygen atoms in total. The Morgan fingerprint density at radius 1 is 1.47 bits per heavy atom. The Hall–Kier alpha value is -0.940. The largest absolute Gasteiger partial charge is 0.339 e. The summed E-state index contributed by atoms with van der Waals surface area (Å²) < 4.78 is 5.27. The van der Waals surface area contributed by atoms with Crippen LogP contribution in [0.25, 0.3) is 0 Å². The van der Waals surface area contributed by atoms with Crippen LogP contribution in [0.2, 0.25) is 0 Å². The molecule has 1 aromatic heterocycles. The number of likely N-dealkylation sites (tertiary alicyclic amines) is 1. The highest BCUT2D eigenvalue weighted by molar-refractivity contribution is 4.96. The number of nitrogens with zero attached hydrogens (tertiary/aromatic N) is 3. The van der Waals surface area contributed by atoms with Crippen LogP contribution in [-0.4, -0.2) is 42.2 Å². The monoisotopic (exact) mass is 210 g/mol. The summed E-state index contributed by atoms with van der Waals surface area (Å²) in [5.41, 5.74) is 0. The van der Waals surface area contributed by atoms with E-state index in [1.165, 1.54) is 0 Å². The van der Waals surface area contributed by atoms with E-state index in [2.05, 4.69) is 27.4 Å². The van der Waals surface area contributed by atoms with Crippen molar-refractivity contribution in [2.24, 2.45) is 0 Å². The molecule has 1 saturated heterocycles. The molecule has 1 N–H and O–H groups in total. The summed E-state index contributed by atoms with van der Waals surface area (Å²) in [7, 11) is 4.03. The molecule has 2 heterocycles. The number of piperidine rings is 1. The van der Waals surface area contributed by atoms with E-state index < -0.39 is 0 Å². The number of hydrogen-bond donors (Lipinski definition) is 1. The number of nitrogens with one attached hydrogen (secondary N) is 1. The Bertz CT molecular complexity index is 304. The Morgan fingerprint density at radius 3 is 2.87 bits per heavy atom. The van der Waals surface area contributed by atoms with Crippen LogP contribution in [0.1, 0.15) is 30.5 Å². The maximum atomic E-state index is 5.27. The minimum absolute atomic E-state index is 0.458. The Morgan fingerprint density at radius 2 is 2.20 bits per heavy atom. The van der Waals surface area contributed by atoms with Crippen LogP contribution < -0.4 is 5.32 Å². The van der Waals surface area contributed by atoms with Crippen LogP contribution in [0.4, 0.5) is 0 Å². The topological polar surface area (TPSA) is 54.2 Å². The summed E-state index contributed by atoms with van der Waals surface area (Å²) in [5, 5.41) is 6.95. The first-order valence-corrected chi connectivity index (χ1v) is 5.45. The second-order valence-corrected chi connectivity index (χ2v) is 4.16. The van der Waals surface area contributed by atoms with Crippen molar-refractivity contribution in [2.45, 2.75) is 25.3 Å². The van der Waals surface area contributed by atoms with E-state index in [9.17, 15) is 0 Å². The Kier molecular flexibility index (Phi) is 3.33. The van der Waals surface area contributed by atoms with Gasteiger partial charge in [0.15, 0.2) is 5.82 Å². The first-order chi connectivity index (χ1) is 7.29. The molecule has 0 atom stereocenters. The van der Waals surface area contributed by atoms with Crippen LogP contribution in [0.5, 0.6) is 0 Å². The second-order valence-electron chi connectivity index (χ2n) is 4.16. The quantitative estimate of drug-likeness (QED) is 0.791. The maximum Gasteiger partial charge on any atom is 0.229 e. The lowest BCUT2D eigenvalue weighted by molar-refractivity contribution is 0.227. The van der Waals surface area contributed by atoms with Gasteiger partial charge in [0.2, 0.25) is 5.89 Å². The van der Waals surface area contributed by atoms with Gasteiger partial charge in [0.1, 0.15) is 0 Å². The smallest absolute Gasteiger partial charge is 0.229 e. The molecule has 0 saturated carbocycles. The molecule has 1 aromatic rings. The molecule has 84 valence electrons. The molecule has 0 aromatic carbocycles. The van der Waals surface area contributed by atoms with Gasteiger partial charge in [-0.15, -0.1) is 0 Å². The van der Waals surface area contributed by atoms with E-state index in [-0.39, 0.29) is 0 Å². The van der Waals surface area contributed by atoms with E-state index in [1.807, 2.05) is 7.05 Å². The molecule has 0 amide bonds. The highest BCUT2D eigenvalue weighted by Gasteiger charge is 2.23. The molecule has 5 heteroatoms. The average Bonchev–Trinajstić information content (AvgIpc) is 2.68. The van der Waals surface area contributed by atoms with Gasteiger partial charge < -0.3 is 14.7 Å². The molecular formula is C10H18N4O. The predicted molar refractivity (Wildman–Crippen MR) is 56.5 cm³/mol. The minimum atomic E-state index is 0.458. The fourth-order valence-electron chi connectivity index (χ4n) is 1.92. The average molecular weight is 210 g/mol. The third-order valence-corrected chi connectivity index (χ3v) is 2.89. The van der Waals surface area contributed by atoms with Gasteiger partial charge in [-0.25, -0.2) is 0 Å². The molecule has 1 aliphatic rings. The maximum absolute atomic E-state index is 5.27. The van der Waals surface area contributed by atoms with Crippen molar-refractivity contribution in [1.29, 1.82) is 0 Å². The van der Waals surface area contributed by atoms with Crippen LogP contribution in [0, 0.1) is 0 Å². The van der Waals surface area contributed by atoms with Gasteiger partial charge in [-0.2, -0.15) is 4.98 Å². The van der Waals surface area contributed by atoms with E-state index in [0.29, 0.717) is 12.5 Å². The van der Waals surface area contributed by atoms with E-state index in [1.54, 1.807) is 0 Å². The van der Waals surface area contributed by atoms with Gasteiger partial charge in [0.25, 0.3) is 0 Å². The fraction of sp³-hybridized carbons (Fsp3) is 0.800. The zero-order valence-corrected chi connectivity index (χ0v) is 9.36. The highest BCUT2D eigenvalue weighted by atomic mass is 16.5. The lowest BCUT2D eigenvalue weighted by atomic mass is 9.97. The van der Waals surface area contributed by atoms with Crippen molar-refractivity contribution in [3.8, 4) is 0 Å². The first-order valence-electron chi connectivity index (χ1n) is 5.45. The van der Waals surface area contributed by atoms with Crippen molar-refractivity contribution < 1.29 is 4.52 Å². The lowest BCUT2D eigenvalue weighted by Gasteiger charge is -2.26. The van der Waals surface area contributed by atoms with E-state index >= 15 is 0 Å². The predicted octanol–water partition coefficient (Wildman–Crippen LogP) is 0.598. The molecule has 1 fully saturated rings. The summed E-state index contributed by atoms with van der Waals surface area (Å²) >= 11 is 0. The van der Waals surface area contributed by atoms with Gasteiger partial charge in [-0.1, -0.05) is 5.16 Å². The zero-order chi connectivity index (χ0) is 10.7. The molecule has 0 spiro atoms. The molecular weight excluding hydrogens is 192 g/mol. The van der Waals surface area contributed by atoms with Crippen molar-refractivity contribution in [3.63, 3.8) is 0 Å². The van der Waals surface area contributed by atoms with Crippen LogP contribution in [0.15, 0.2) is 4.52 Å². The molecule has 1 aliphatic heterocycles. The first kappa shape index (κ1) is 10.6. The Balaban J connectivity index is 1.96. The number of aromatic nitrogens is 2. The zero-order valence-electron chi connectivity index (χ0n) is 9.36. The van der Waals surface area contributed by atoms with Crippen molar-refractivity contribution in [1.82, 2.24) is 20.4 Å². The number of hydrogen-bond acceptors (Lipinski definition) is 5. The van der Waals surface area contributed by atoms with Crippen LogP contribution in [0.3, 0.4) is 0 Å². The van der Waals surface area contributed by atoms with Gasteiger partial charge in [0.05, 0.1) is 6.54 Å². The van der Waals surface area contributed by atoms with Crippen LogP contribution in [-0.2, 0) is 6.54 Å². The normalized spacial score (nSPS) is 19.6. The van der Waals surface area contributed by atoms with Crippen molar-refractivity contribution in [2.75, 3.05) is 27.2 Å². The van der Waals surface area contributed by atoms with E-state index in [0.717, 1.165) is 37.6 Å². The Labute approximate surface area is 89.8 Å². The fourth-order valence-corrected chi connectivity index (χ4v) is 1.92. The summed E-state index contributed by atoms with van der Waals surface area (Å²) in [5.74, 6) is 2.03. The summed E-state index contributed by atoms with van der Waals surface area (Å²) in [6.45, 7) is 2.92. The minimum Gasteiger partial charge on any atom is -0.339 e. The third-order valence-electron chi connectivity index (χ3n) is 2.89.